The van der Waals surface area contributed by atoms with Crippen LogP contribution in [0.25, 0.3) is 0 Å². The third-order valence-electron chi connectivity index (χ3n) is 3.17. The Morgan fingerprint density at radius 3 is 2.14 bits per heavy atom. The van der Waals surface area contributed by atoms with Crippen LogP contribution in [0.4, 0.5) is 24.5 Å². The average molecular weight is 292 g/mol. The number of hydrogen-bond acceptors (Lipinski definition) is 3. The zero-order valence-electron chi connectivity index (χ0n) is 10.4. The van der Waals surface area contributed by atoms with Gasteiger partial charge in [-0.2, -0.15) is 0 Å². The summed E-state index contributed by atoms with van der Waals surface area (Å²) in [7, 11) is 0. The van der Waals surface area contributed by atoms with Crippen molar-refractivity contribution in [1.82, 2.24) is 0 Å². The van der Waals surface area contributed by atoms with Gasteiger partial charge >= 0.3 is 0 Å². The number of hydrogen-bond donors (Lipinski definition) is 1. The maximum atomic E-state index is 13.3. The highest BCUT2D eigenvalue weighted by Crippen LogP contribution is 2.32. The molecule has 1 heterocycles. The Hall–Kier alpha value is -2.83. The van der Waals surface area contributed by atoms with Crippen LogP contribution in [0, 0.1) is 17.5 Å². The Kier molecular flexibility index (Phi) is 2.72. The van der Waals surface area contributed by atoms with E-state index in [2.05, 4.69) is 0 Å². The molecule has 0 aliphatic carbocycles. The molecule has 0 fully saturated rings. The summed E-state index contributed by atoms with van der Waals surface area (Å²) in [6.45, 7) is 0. The van der Waals surface area contributed by atoms with E-state index >= 15 is 0 Å². The highest BCUT2D eigenvalue weighted by Gasteiger charge is 2.38. The molecule has 21 heavy (non-hydrogen) atoms. The highest BCUT2D eigenvalue weighted by molar-refractivity contribution is 6.35. The number of benzene rings is 2. The summed E-state index contributed by atoms with van der Waals surface area (Å²) in [5.74, 6) is -6.23. The number of imide groups is 1. The average Bonchev–Trinajstić information content (AvgIpc) is 2.69. The van der Waals surface area contributed by atoms with E-state index in [1.165, 1.54) is 18.2 Å². The molecule has 0 spiro atoms. The predicted octanol–water partition coefficient (Wildman–Crippen LogP) is 2.49. The molecule has 106 valence electrons. The second-order valence-corrected chi connectivity index (χ2v) is 4.44. The molecule has 0 unspecified atom stereocenters. The predicted molar refractivity (Wildman–Crippen MR) is 68.3 cm³/mol. The van der Waals surface area contributed by atoms with Crippen LogP contribution in [0.5, 0.6) is 0 Å². The lowest BCUT2D eigenvalue weighted by Crippen LogP contribution is -2.29. The van der Waals surface area contributed by atoms with Crippen LogP contribution in [0.2, 0.25) is 0 Å². The molecule has 1 aliphatic heterocycles. The maximum absolute atomic E-state index is 13.3. The Bertz CT molecular complexity index is 782. The van der Waals surface area contributed by atoms with Crippen LogP contribution in [-0.4, -0.2) is 11.8 Å². The third kappa shape index (κ3) is 1.78. The fourth-order valence-corrected chi connectivity index (χ4v) is 2.22. The summed E-state index contributed by atoms with van der Waals surface area (Å²) in [5, 5.41) is 0. The van der Waals surface area contributed by atoms with E-state index in [0.717, 1.165) is 0 Å². The molecule has 0 saturated carbocycles. The van der Waals surface area contributed by atoms with Gasteiger partial charge in [-0.15, -0.1) is 0 Å². The molecule has 4 nitrogen and oxygen atoms in total. The molecule has 2 N–H and O–H groups in total. The van der Waals surface area contributed by atoms with Gasteiger partial charge in [0.2, 0.25) is 0 Å². The lowest BCUT2D eigenvalue weighted by molar-refractivity contribution is 0.0926. The van der Waals surface area contributed by atoms with Gasteiger partial charge in [-0.25, -0.2) is 18.1 Å². The largest absolute Gasteiger partial charge is 0.398 e. The summed E-state index contributed by atoms with van der Waals surface area (Å²) in [6.07, 6.45) is 0. The topological polar surface area (TPSA) is 63.4 Å². The van der Waals surface area contributed by atoms with Crippen molar-refractivity contribution in [1.29, 1.82) is 0 Å². The van der Waals surface area contributed by atoms with Gasteiger partial charge in [0.1, 0.15) is 0 Å². The minimum Gasteiger partial charge on any atom is -0.398 e. The molecule has 0 radical (unpaired) electrons. The quantitative estimate of drug-likeness (QED) is 0.499. The zero-order chi connectivity index (χ0) is 15.3. The Labute approximate surface area is 116 Å². The Morgan fingerprint density at radius 1 is 0.952 bits per heavy atom. The van der Waals surface area contributed by atoms with E-state index in [-0.39, 0.29) is 16.8 Å². The van der Waals surface area contributed by atoms with Gasteiger partial charge < -0.3 is 5.73 Å². The molecule has 0 bridgehead atoms. The van der Waals surface area contributed by atoms with E-state index in [4.69, 9.17) is 5.73 Å². The summed E-state index contributed by atoms with van der Waals surface area (Å²) < 4.78 is 39.5. The molecular formula is C14H7F3N2O2. The fraction of sp³-hybridized carbons (Fsp3) is 0. The van der Waals surface area contributed by atoms with Crippen LogP contribution in [0.1, 0.15) is 20.7 Å². The van der Waals surface area contributed by atoms with E-state index < -0.39 is 35.0 Å². The minimum atomic E-state index is -1.67. The van der Waals surface area contributed by atoms with Crippen molar-refractivity contribution in [3.05, 3.63) is 58.9 Å². The molecule has 0 atom stereocenters. The smallest absolute Gasteiger partial charge is 0.268 e. The Morgan fingerprint density at radius 2 is 1.57 bits per heavy atom. The summed E-state index contributed by atoms with van der Waals surface area (Å²) in [6, 6.07) is 5.45. The van der Waals surface area contributed by atoms with Crippen LogP contribution in [-0.2, 0) is 0 Å². The van der Waals surface area contributed by atoms with Gasteiger partial charge in [0.05, 0.1) is 16.8 Å². The van der Waals surface area contributed by atoms with Crippen LogP contribution < -0.4 is 10.6 Å². The first-order valence-electron chi connectivity index (χ1n) is 5.83. The third-order valence-corrected chi connectivity index (χ3v) is 3.17. The van der Waals surface area contributed by atoms with Crippen molar-refractivity contribution in [2.45, 2.75) is 0 Å². The number of nitrogen functional groups attached to an aromatic ring is 1. The van der Waals surface area contributed by atoms with Crippen molar-refractivity contribution in [2.24, 2.45) is 0 Å². The molecule has 2 aromatic carbocycles. The molecule has 7 heteroatoms. The number of fused-ring (bicyclic) bond motifs is 1. The fourth-order valence-electron chi connectivity index (χ4n) is 2.22. The molecule has 2 amide bonds. The molecule has 0 saturated heterocycles. The van der Waals surface area contributed by atoms with E-state index in [0.29, 0.717) is 17.0 Å². The van der Waals surface area contributed by atoms with Crippen LogP contribution >= 0.6 is 0 Å². The Balaban J connectivity index is 2.17. The first-order chi connectivity index (χ1) is 9.91. The summed E-state index contributed by atoms with van der Waals surface area (Å²) >= 11 is 0. The van der Waals surface area contributed by atoms with Gasteiger partial charge in [-0.05, 0) is 12.1 Å². The number of rotatable bonds is 1. The van der Waals surface area contributed by atoms with Crippen molar-refractivity contribution >= 4 is 23.2 Å². The highest BCUT2D eigenvalue weighted by atomic mass is 19.2. The minimum absolute atomic E-state index is 0.0325. The standard InChI is InChI=1S/C14H7F3N2O2/c15-8-4-6(5-9(16)12(8)17)19-13(20)7-2-1-3-10(18)11(7)14(19)21/h1-5H,18H2. The zero-order valence-corrected chi connectivity index (χ0v) is 10.4. The molecule has 3 rings (SSSR count). The second kappa shape index (κ2) is 4.34. The number of anilines is 2. The van der Waals surface area contributed by atoms with E-state index in [1.807, 2.05) is 0 Å². The number of halogens is 3. The van der Waals surface area contributed by atoms with Crippen LogP contribution in [0.15, 0.2) is 30.3 Å². The first-order valence-corrected chi connectivity index (χ1v) is 5.83. The number of nitrogens with two attached hydrogens (primary N) is 1. The van der Waals surface area contributed by atoms with E-state index in [1.54, 1.807) is 0 Å². The monoisotopic (exact) mass is 292 g/mol. The normalized spacial score (nSPS) is 13.8. The number of carbonyl (C=O) groups is 2. The second-order valence-electron chi connectivity index (χ2n) is 4.44. The number of carbonyl (C=O) groups excluding carboxylic acids is 2. The number of nitrogens with zero attached hydrogens (tertiary/aromatic N) is 1. The van der Waals surface area contributed by atoms with Crippen molar-refractivity contribution < 1.29 is 22.8 Å². The molecule has 2 aromatic rings. The van der Waals surface area contributed by atoms with Gasteiger partial charge in [0.15, 0.2) is 17.5 Å². The van der Waals surface area contributed by atoms with Crippen molar-refractivity contribution in [3.8, 4) is 0 Å². The number of amides is 2. The van der Waals surface area contributed by atoms with Crippen molar-refractivity contribution in [3.63, 3.8) is 0 Å². The lowest BCUT2D eigenvalue weighted by atomic mass is 10.1. The summed E-state index contributed by atoms with van der Waals surface area (Å²) in [4.78, 5) is 25.0. The first kappa shape index (κ1) is 13.2. The SMILES string of the molecule is Nc1cccc2c1C(=O)N(c1cc(F)c(F)c(F)c1)C2=O. The van der Waals surface area contributed by atoms with Gasteiger partial charge in [0, 0.05) is 17.8 Å². The molecule has 0 aromatic heterocycles. The van der Waals surface area contributed by atoms with E-state index in [9.17, 15) is 22.8 Å². The van der Waals surface area contributed by atoms with Gasteiger partial charge in [-0.1, -0.05) is 6.07 Å². The summed E-state index contributed by atoms with van der Waals surface area (Å²) in [5.41, 5.74) is 5.33. The van der Waals surface area contributed by atoms with Crippen LogP contribution in [0.3, 0.4) is 0 Å². The van der Waals surface area contributed by atoms with Gasteiger partial charge in [0.25, 0.3) is 11.8 Å². The lowest BCUT2D eigenvalue weighted by Gasteiger charge is -2.14. The van der Waals surface area contributed by atoms with Gasteiger partial charge in [-0.3, -0.25) is 9.59 Å². The van der Waals surface area contributed by atoms with Crippen molar-refractivity contribution in [2.75, 3.05) is 10.6 Å². The molecule has 1 aliphatic rings. The maximum Gasteiger partial charge on any atom is 0.268 e. The molecular weight excluding hydrogens is 285 g/mol.